The van der Waals surface area contributed by atoms with Gasteiger partial charge in [0.25, 0.3) is 5.91 Å². The van der Waals surface area contributed by atoms with Crippen molar-refractivity contribution in [1.82, 2.24) is 9.97 Å². The summed E-state index contributed by atoms with van der Waals surface area (Å²) in [7, 11) is 0. The number of rotatable bonds is 3. The lowest BCUT2D eigenvalue weighted by Crippen LogP contribution is -2.35. The van der Waals surface area contributed by atoms with Crippen LogP contribution in [0.15, 0.2) is 24.4 Å². The molecule has 8 heteroatoms. The molecule has 1 saturated heterocycles. The summed E-state index contributed by atoms with van der Waals surface area (Å²) in [6, 6.07) is 3.08. The summed E-state index contributed by atoms with van der Waals surface area (Å²) in [6.45, 7) is 3.73. The van der Waals surface area contributed by atoms with E-state index < -0.39 is 29.0 Å². The van der Waals surface area contributed by atoms with E-state index in [1.165, 1.54) is 12.3 Å². The third-order valence-corrected chi connectivity index (χ3v) is 4.10. The molecule has 0 aliphatic carbocycles. The first-order valence-electron chi connectivity index (χ1n) is 7.98. The van der Waals surface area contributed by atoms with E-state index in [0.717, 1.165) is 38.1 Å². The Morgan fingerprint density at radius 3 is 2.80 bits per heavy atom. The van der Waals surface area contributed by atoms with Crippen LogP contribution < -0.4 is 10.2 Å². The molecule has 1 atom stereocenters. The van der Waals surface area contributed by atoms with Gasteiger partial charge in [0.15, 0.2) is 17.5 Å². The lowest BCUT2D eigenvalue weighted by Gasteiger charge is -2.30. The number of amides is 1. The largest absolute Gasteiger partial charge is 0.341 e. The highest BCUT2D eigenvalue weighted by atomic mass is 19.2. The second kappa shape index (κ2) is 7.08. The fraction of sp³-hybridized carbons (Fsp3) is 0.353. The van der Waals surface area contributed by atoms with Crippen molar-refractivity contribution >= 4 is 17.5 Å². The van der Waals surface area contributed by atoms with Crippen LogP contribution in [0.2, 0.25) is 0 Å². The number of piperidine rings is 1. The van der Waals surface area contributed by atoms with Crippen molar-refractivity contribution in [3.8, 4) is 0 Å². The van der Waals surface area contributed by atoms with E-state index in [-0.39, 0.29) is 5.69 Å². The molecule has 1 aromatic heterocycles. The number of nitrogens with zero attached hydrogens (tertiary/aromatic N) is 3. The number of nitrogens with one attached hydrogen (secondary N) is 1. The Labute approximate surface area is 142 Å². The molecule has 5 nitrogen and oxygen atoms in total. The second-order valence-electron chi connectivity index (χ2n) is 6.11. The zero-order valence-electron chi connectivity index (χ0n) is 13.6. The highest BCUT2D eigenvalue weighted by Gasteiger charge is 2.21. The van der Waals surface area contributed by atoms with E-state index in [2.05, 4.69) is 22.2 Å². The second-order valence-corrected chi connectivity index (χ2v) is 6.11. The lowest BCUT2D eigenvalue weighted by molar-refractivity contribution is 0.102. The summed E-state index contributed by atoms with van der Waals surface area (Å²) < 4.78 is 39.9. The molecule has 1 aromatic carbocycles. The number of carbonyl (C=O) groups excluding carboxylic acids is 1. The van der Waals surface area contributed by atoms with Crippen LogP contribution in [0.25, 0.3) is 0 Å². The van der Waals surface area contributed by atoms with E-state index in [1.807, 2.05) is 4.90 Å². The monoisotopic (exact) mass is 350 g/mol. The van der Waals surface area contributed by atoms with Gasteiger partial charge in [0.05, 0.1) is 5.69 Å². The van der Waals surface area contributed by atoms with Crippen molar-refractivity contribution < 1.29 is 18.0 Å². The molecule has 1 amide bonds. The van der Waals surface area contributed by atoms with Gasteiger partial charge < -0.3 is 10.2 Å². The average molecular weight is 350 g/mol. The van der Waals surface area contributed by atoms with Crippen LogP contribution in [-0.4, -0.2) is 29.0 Å². The molecule has 0 radical (unpaired) electrons. The molecule has 0 bridgehead atoms. The molecule has 2 aromatic rings. The van der Waals surface area contributed by atoms with E-state index in [1.54, 1.807) is 0 Å². The lowest BCUT2D eigenvalue weighted by atomic mass is 10.0. The van der Waals surface area contributed by atoms with Crippen molar-refractivity contribution in [3.05, 3.63) is 47.5 Å². The minimum absolute atomic E-state index is 0.0207. The molecule has 0 saturated carbocycles. The molecule has 1 fully saturated rings. The Balaban J connectivity index is 1.79. The summed E-state index contributed by atoms with van der Waals surface area (Å²) in [5, 5.41) is 2.20. The third-order valence-electron chi connectivity index (χ3n) is 4.10. The summed E-state index contributed by atoms with van der Waals surface area (Å²) in [5.41, 5.74) is -0.428. The molecule has 2 heterocycles. The maximum absolute atomic E-state index is 13.7. The minimum atomic E-state index is -1.64. The Kier molecular flexibility index (Phi) is 4.87. The molecule has 1 aliphatic heterocycles. The standard InChI is InChI=1S/C17H17F3N4O/c1-10-3-2-8-24(9-10)17-21-7-6-13(23-17)16(25)22-12-5-4-11(18)14(19)15(12)20/h4-7,10H,2-3,8-9H2,1H3,(H,22,25). The summed E-state index contributed by atoms with van der Waals surface area (Å²) in [6.07, 6.45) is 3.59. The average Bonchev–Trinajstić information content (AvgIpc) is 2.62. The first-order valence-corrected chi connectivity index (χ1v) is 7.98. The number of hydrogen-bond donors (Lipinski definition) is 1. The number of carbonyl (C=O) groups is 1. The molecular weight excluding hydrogens is 333 g/mol. The first kappa shape index (κ1) is 17.2. The predicted octanol–water partition coefficient (Wildman–Crippen LogP) is 3.38. The van der Waals surface area contributed by atoms with Gasteiger partial charge in [0.1, 0.15) is 5.69 Å². The van der Waals surface area contributed by atoms with E-state index in [9.17, 15) is 18.0 Å². The van der Waals surface area contributed by atoms with Crippen molar-refractivity contribution in [3.63, 3.8) is 0 Å². The Morgan fingerprint density at radius 2 is 2.04 bits per heavy atom. The Hall–Kier alpha value is -2.64. The highest BCUT2D eigenvalue weighted by Crippen LogP contribution is 2.22. The fourth-order valence-corrected chi connectivity index (χ4v) is 2.81. The van der Waals surface area contributed by atoms with Crippen LogP contribution in [-0.2, 0) is 0 Å². The van der Waals surface area contributed by atoms with E-state index in [4.69, 9.17) is 0 Å². The van der Waals surface area contributed by atoms with Crippen LogP contribution in [0.5, 0.6) is 0 Å². The van der Waals surface area contributed by atoms with Gasteiger partial charge in [0, 0.05) is 19.3 Å². The summed E-state index contributed by atoms with van der Waals surface area (Å²) in [5.74, 6) is -4.20. The molecular formula is C17H17F3N4O. The van der Waals surface area contributed by atoms with Crippen LogP contribution in [0.1, 0.15) is 30.3 Å². The molecule has 0 spiro atoms. The highest BCUT2D eigenvalue weighted by molar-refractivity contribution is 6.03. The van der Waals surface area contributed by atoms with Gasteiger partial charge in [-0.1, -0.05) is 6.92 Å². The zero-order valence-corrected chi connectivity index (χ0v) is 13.6. The Bertz CT molecular complexity index is 799. The maximum atomic E-state index is 13.7. The molecule has 1 N–H and O–H groups in total. The van der Waals surface area contributed by atoms with Gasteiger partial charge in [-0.3, -0.25) is 4.79 Å². The maximum Gasteiger partial charge on any atom is 0.274 e. The molecule has 3 rings (SSSR count). The topological polar surface area (TPSA) is 58.1 Å². The van der Waals surface area contributed by atoms with Crippen LogP contribution in [0.4, 0.5) is 24.8 Å². The summed E-state index contributed by atoms with van der Waals surface area (Å²) >= 11 is 0. The van der Waals surface area contributed by atoms with Crippen LogP contribution in [0.3, 0.4) is 0 Å². The first-order chi connectivity index (χ1) is 12.0. The molecule has 1 aliphatic rings. The number of anilines is 2. The minimum Gasteiger partial charge on any atom is -0.341 e. The zero-order chi connectivity index (χ0) is 18.0. The normalized spacial score (nSPS) is 17.4. The van der Waals surface area contributed by atoms with Gasteiger partial charge in [-0.25, -0.2) is 23.1 Å². The number of hydrogen-bond acceptors (Lipinski definition) is 4. The fourth-order valence-electron chi connectivity index (χ4n) is 2.81. The molecule has 25 heavy (non-hydrogen) atoms. The van der Waals surface area contributed by atoms with Crippen molar-refractivity contribution in [2.75, 3.05) is 23.3 Å². The predicted molar refractivity (Wildman–Crippen MR) is 86.9 cm³/mol. The van der Waals surface area contributed by atoms with Gasteiger partial charge in [-0.15, -0.1) is 0 Å². The number of halogens is 3. The summed E-state index contributed by atoms with van der Waals surface area (Å²) in [4.78, 5) is 22.6. The number of aromatic nitrogens is 2. The van der Waals surface area contributed by atoms with Crippen LogP contribution in [0, 0.1) is 23.4 Å². The van der Waals surface area contributed by atoms with Gasteiger partial charge in [0.2, 0.25) is 5.95 Å². The SMILES string of the molecule is CC1CCCN(c2nccc(C(=O)Nc3ccc(F)c(F)c3F)n2)C1. The Morgan fingerprint density at radius 1 is 1.24 bits per heavy atom. The van der Waals surface area contributed by atoms with E-state index >= 15 is 0 Å². The van der Waals surface area contributed by atoms with Gasteiger partial charge in [-0.05, 0) is 37.0 Å². The van der Waals surface area contributed by atoms with Crippen molar-refractivity contribution in [2.45, 2.75) is 19.8 Å². The quantitative estimate of drug-likeness (QED) is 0.862. The van der Waals surface area contributed by atoms with Gasteiger partial charge >= 0.3 is 0 Å². The smallest absolute Gasteiger partial charge is 0.274 e. The van der Waals surface area contributed by atoms with Gasteiger partial charge in [-0.2, -0.15) is 0 Å². The van der Waals surface area contributed by atoms with E-state index in [0.29, 0.717) is 11.9 Å². The molecule has 132 valence electrons. The van der Waals surface area contributed by atoms with Crippen LogP contribution >= 0.6 is 0 Å². The van der Waals surface area contributed by atoms with Crippen molar-refractivity contribution in [2.24, 2.45) is 5.92 Å². The number of benzene rings is 1. The van der Waals surface area contributed by atoms with Crippen molar-refractivity contribution in [1.29, 1.82) is 0 Å². The third kappa shape index (κ3) is 3.72. The molecule has 1 unspecified atom stereocenters.